The van der Waals surface area contributed by atoms with Crippen molar-refractivity contribution in [2.24, 2.45) is 0 Å². The standard InChI is InChI=1S/C22H18ClNO2S2/c23-18-9-5-4-8-17(18)19-11-10-16(26-19)14-20-21(25)24(22(27)28-20)13-12-15-6-2-1-3-7-15/h2,4-11,14H,1,3,12-13H2/b20-14-. The van der Waals surface area contributed by atoms with E-state index in [1.807, 2.05) is 36.4 Å². The first-order valence-electron chi connectivity index (χ1n) is 9.07. The lowest BCUT2D eigenvalue weighted by molar-refractivity contribution is -0.122. The van der Waals surface area contributed by atoms with Gasteiger partial charge in [-0.15, -0.1) is 0 Å². The Morgan fingerprint density at radius 1 is 1.21 bits per heavy atom. The van der Waals surface area contributed by atoms with Crippen molar-refractivity contribution in [1.82, 2.24) is 4.90 Å². The molecule has 6 heteroatoms. The van der Waals surface area contributed by atoms with Crippen LogP contribution in [0.15, 0.2) is 69.5 Å². The molecule has 1 aliphatic carbocycles. The van der Waals surface area contributed by atoms with E-state index >= 15 is 0 Å². The van der Waals surface area contributed by atoms with Crippen molar-refractivity contribution < 1.29 is 9.21 Å². The number of allylic oxidation sites excluding steroid dienone is 3. The average Bonchev–Trinajstić information content (AvgIpc) is 3.26. The summed E-state index contributed by atoms with van der Waals surface area (Å²) in [6.45, 7) is 0.598. The van der Waals surface area contributed by atoms with Crippen molar-refractivity contribution in [3.63, 3.8) is 0 Å². The van der Waals surface area contributed by atoms with Crippen LogP contribution in [0.2, 0.25) is 5.02 Å². The summed E-state index contributed by atoms with van der Waals surface area (Å²) in [5, 5.41) is 0.626. The normalized spacial score (nSPS) is 18.2. The number of amides is 1. The summed E-state index contributed by atoms with van der Waals surface area (Å²) in [4.78, 5) is 15.0. The molecule has 0 atom stereocenters. The molecule has 2 aliphatic rings. The Morgan fingerprint density at radius 3 is 2.86 bits per heavy atom. The molecular weight excluding hydrogens is 410 g/mol. The third kappa shape index (κ3) is 4.17. The summed E-state index contributed by atoms with van der Waals surface area (Å²) in [5.41, 5.74) is 2.09. The van der Waals surface area contributed by atoms with Crippen LogP contribution in [0.1, 0.15) is 25.0 Å². The van der Waals surface area contributed by atoms with Crippen LogP contribution in [0.5, 0.6) is 0 Å². The molecule has 0 spiro atoms. The van der Waals surface area contributed by atoms with Crippen LogP contribution in [0, 0.1) is 0 Å². The fourth-order valence-corrected chi connectivity index (χ4v) is 4.67. The number of thiocarbonyl (C=S) groups is 1. The highest BCUT2D eigenvalue weighted by Gasteiger charge is 2.32. The van der Waals surface area contributed by atoms with Gasteiger partial charge in [0, 0.05) is 18.2 Å². The van der Waals surface area contributed by atoms with Gasteiger partial charge in [-0.2, -0.15) is 0 Å². The number of halogens is 1. The second-order valence-corrected chi connectivity index (χ2v) is 8.61. The molecule has 1 aromatic carbocycles. The monoisotopic (exact) mass is 427 g/mol. The quantitative estimate of drug-likeness (QED) is 0.404. The first-order valence-corrected chi connectivity index (χ1v) is 10.7. The molecule has 1 fully saturated rings. The second kappa shape index (κ2) is 8.52. The van der Waals surface area contributed by atoms with Crippen LogP contribution in [-0.2, 0) is 4.79 Å². The van der Waals surface area contributed by atoms with E-state index < -0.39 is 0 Å². The maximum Gasteiger partial charge on any atom is 0.266 e. The van der Waals surface area contributed by atoms with Crippen LogP contribution in [0.3, 0.4) is 0 Å². The Bertz CT molecular complexity index is 1020. The first-order chi connectivity index (χ1) is 13.6. The van der Waals surface area contributed by atoms with E-state index in [-0.39, 0.29) is 5.91 Å². The van der Waals surface area contributed by atoms with Gasteiger partial charge in [0.2, 0.25) is 0 Å². The summed E-state index contributed by atoms with van der Waals surface area (Å²) >= 11 is 13.0. The Kier molecular flexibility index (Phi) is 5.85. The van der Waals surface area contributed by atoms with E-state index in [1.54, 1.807) is 11.0 Å². The molecule has 28 heavy (non-hydrogen) atoms. The van der Waals surface area contributed by atoms with Crippen LogP contribution >= 0.6 is 35.6 Å². The maximum atomic E-state index is 12.8. The van der Waals surface area contributed by atoms with Crippen LogP contribution in [0.4, 0.5) is 0 Å². The lowest BCUT2D eigenvalue weighted by Gasteiger charge is -2.15. The molecule has 1 amide bonds. The fraction of sp³-hybridized carbons (Fsp3) is 0.182. The molecule has 1 saturated heterocycles. The molecule has 2 heterocycles. The van der Waals surface area contributed by atoms with Gasteiger partial charge in [0.1, 0.15) is 15.8 Å². The molecule has 3 nitrogen and oxygen atoms in total. The number of rotatable bonds is 5. The molecule has 0 N–H and O–H groups in total. The molecule has 0 bridgehead atoms. The van der Waals surface area contributed by atoms with Gasteiger partial charge in [-0.05, 0) is 43.5 Å². The van der Waals surface area contributed by atoms with E-state index in [2.05, 4.69) is 18.2 Å². The van der Waals surface area contributed by atoms with Gasteiger partial charge in [-0.3, -0.25) is 9.69 Å². The molecule has 2 aromatic rings. The Labute approximate surface area is 178 Å². The van der Waals surface area contributed by atoms with Crippen molar-refractivity contribution in [3.8, 4) is 11.3 Å². The maximum absolute atomic E-state index is 12.8. The van der Waals surface area contributed by atoms with Crippen molar-refractivity contribution in [2.75, 3.05) is 6.54 Å². The van der Waals surface area contributed by atoms with Gasteiger partial charge in [0.15, 0.2) is 0 Å². The SMILES string of the molecule is O=C1/C(=C/c2ccc(-c3ccccc3Cl)o2)SC(=S)N1CCC1=CCCC=C1. The predicted molar refractivity (Wildman–Crippen MR) is 120 cm³/mol. The minimum atomic E-state index is -0.0638. The summed E-state index contributed by atoms with van der Waals surface area (Å²) in [6.07, 6.45) is 11.3. The lowest BCUT2D eigenvalue weighted by Crippen LogP contribution is -2.29. The summed E-state index contributed by atoms with van der Waals surface area (Å²) in [5.74, 6) is 1.21. The third-order valence-electron chi connectivity index (χ3n) is 4.61. The Balaban J connectivity index is 1.47. The van der Waals surface area contributed by atoms with Crippen molar-refractivity contribution in [2.45, 2.75) is 19.3 Å². The topological polar surface area (TPSA) is 33.5 Å². The number of thioether (sulfide) groups is 1. The second-order valence-electron chi connectivity index (χ2n) is 6.52. The van der Waals surface area contributed by atoms with E-state index in [0.29, 0.717) is 32.3 Å². The Hall–Kier alpha value is -2.08. The molecule has 142 valence electrons. The van der Waals surface area contributed by atoms with Gasteiger partial charge in [0.25, 0.3) is 5.91 Å². The van der Waals surface area contributed by atoms with Gasteiger partial charge >= 0.3 is 0 Å². The smallest absolute Gasteiger partial charge is 0.266 e. The number of hydrogen-bond donors (Lipinski definition) is 0. The zero-order chi connectivity index (χ0) is 19.5. The highest BCUT2D eigenvalue weighted by atomic mass is 35.5. The fourth-order valence-electron chi connectivity index (χ4n) is 3.15. The highest BCUT2D eigenvalue weighted by Crippen LogP contribution is 2.35. The van der Waals surface area contributed by atoms with Crippen LogP contribution in [0.25, 0.3) is 17.4 Å². The van der Waals surface area contributed by atoms with Crippen molar-refractivity contribution >= 4 is 51.9 Å². The molecule has 0 radical (unpaired) electrons. The molecule has 0 unspecified atom stereocenters. The number of furan rings is 1. The van der Waals surface area contributed by atoms with E-state index in [1.165, 1.54) is 17.3 Å². The van der Waals surface area contributed by atoms with Gasteiger partial charge < -0.3 is 4.42 Å². The van der Waals surface area contributed by atoms with Gasteiger partial charge in [-0.1, -0.05) is 71.5 Å². The zero-order valence-corrected chi connectivity index (χ0v) is 17.4. The molecule has 0 saturated carbocycles. The lowest BCUT2D eigenvalue weighted by atomic mass is 10.0. The minimum absolute atomic E-state index is 0.0638. The molecule has 1 aliphatic heterocycles. The van der Waals surface area contributed by atoms with Gasteiger partial charge in [-0.25, -0.2) is 0 Å². The molecule has 4 rings (SSSR count). The average molecular weight is 428 g/mol. The van der Waals surface area contributed by atoms with Gasteiger partial charge in [0.05, 0.1) is 9.93 Å². The van der Waals surface area contributed by atoms with Crippen molar-refractivity contribution in [3.05, 3.63) is 75.9 Å². The van der Waals surface area contributed by atoms with E-state index in [4.69, 9.17) is 28.2 Å². The van der Waals surface area contributed by atoms with Crippen molar-refractivity contribution in [1.29, 1.82) is 0 Å². The highest BCUT2D eigenvalue weighted by molar-refractivity contribution is 8.26. The number of carbonyl (C=O) groups excluding carboxylic acids is 1. The summed E-state index contributed by atoms with van der Waals surface area (Å²) < 4.78 is 6.47. The predicted octanol–water partition coefficient (Wildman–Crippen LogP) is 6.47. The van der Waals surface area contributed by atoms with E-state index in [9.17, 15) is 4.79 Å². The third-order valence-corrected chi connectivity index (χ3v) is 6.32. The summed E-state index contributed by atoms with van der Waals surface area (Å²) in [7, 11) is 0. The number of carbonyl (C=O) groups is 1. The Morgan fingerprint density at radius 2 is 2.07 bits per heavy atom. The first kappa shape index (κ1) is 19.2. The van der Waals surface area contributed by atoms with Crippen LogP contribution < -0.4 is 0 Å². The number of hydrogen-bond acceptors (Lipinski definition) is 4. The summed E-state index contributed by atoms with van der Waals surface area (Å²) in [6, 6.07) is 11.2. The molecular formula is C22H18ClNO2S2. The zero-order valence-electron chi connectivity index (χ0n) is 15.1. The minimum Gasteiger partial charge on any atom is -0.457 e. The number of nitrogens with zero attached hydrogens (tertiary/aromatic N) is 1. The largest absolute Gasteiger partial charge is 0.457 e. The van der Waals surface area contributed by atoms with Crippen LogP contribution in [-0.4, -0.2) is 21.7 Å². The number of benzene rings is 1. The molecule has 1 aromatic heterocycles. The van der Waals surface area contributed by atoms with E-state index in [0.717, 1.165) is 24.8 Å².